The Morgan fingerprint density at radius 1 is 1.24 bits per heavy atom. The fraction of sp³-hybridized carbons (Fsp3) is 0.722. The molecule has 21 heavy (non-hydrogen) atoms. The van der Waals surface area contributed by atoms with Crippen molar-refractivity contribution in [3.05, 3.63) is 23.4 Å². The molecule has 0 aliphatic heterocycles. The number of hydrogen-bond donors (Lipinski definition) is 1. The van der Waals surface area contributed by atoms with Gasteiger partial charge in [-0.25, -0.2) is 4.98 Å². The Morgan fingerprint density at radius 3 is 2.43 bits per heavy atom. The van der Waals surface area contributed by atoms with Gasteiger partial charge in [-0.2, -0.15) is 0 Å². The molecule has 0 unspecified atom stereocenters. The summed E-state index contributed by atoms with van der Waals surface area (Å²) in [6.07, 6.45) is 5.36. The van der Waals surface area contributed by atoms with Gasteiger partial charge in [-0.1, -0.05) is 33.6 Å². The highest BCUT2D eigenvalue weighted by atomic mass is 15.2. The molecule has 0 spiro atoms. The van der Waals surface area contributed by atoms with Crippen LogP contribution in [0.15, 0.2) is 12.1 Å². The number of nitrogens with zero attached hydrogens (tertiary/aromatic N) is 2. The predicted octanol–water partition coefficient (Wildman–Crippen LogP) is 3.87. The minimum Gasteiger partial charge on any atom is -0.354 e. The third-order valence-corrected chi connectivity index (χ3v) is 4.42. The van der Waals surface area contributed by atoms with Gasteiger partial charge < -0.3 is 10.2 Å². The summed E-state index contributed by atoms with van der Waals surface area (Å²) in [5.74, 6) is 1.17. The van der Waals surface area contributed by atoms with Crippen LogP contribution in [-0.2, 0) is 12.0 Å². The molecule has 0 atom stereocenters. The first-order valence-corrected chi connectivity index (χ1v) is 8.38. The first kappa shape index (κ1) is 16.3. The van der Waals surface area contributed by atoms with Crippen LogP contribution in [0.3, 0.4) is 0 Å². The molecule has 0 bridgehead atoms. The summed E-state index contributed by atoms with van der Waals surface area (Å²) in [7, 11) is 2.01. The number of anilines is 1. The van der Waals surface area contributed by atoms with Crippen LogP contribution >= 0.6 is 0 Å². The van der Waals surface area contributed by atoms with E-state index in [9.17, 15) is 0 Å². The molecule has 0 aromatic carbocycles. The van der Waals surface area contributed by atoms with Crippen molar-refractivity contribution in [2.45, 2.75) is 71.4 Å². The third kappa shape index (κ3) is 3.97. The van der Waals surface area contributed by atoms with Crippen LogP contribution in [0.25, 0.3) is 0 Å². The van der Waals surface area contributed by atoms with E-state index in [0.717, 1.165) is 13.1 Å². The molecule has 3 heteroatoms. The highest BCUT2D eigenvalue weighted by Crippen LogP contribution is 2.30. The maximum absolute atomic E-state index is 5.00. The molecule has 0 radical (unpaired) electrons. The summed E-state index contributed by atoms with van der Waals surface area (Å²) in [4.78, 5) is 7.52. The second kappa shape index (κ2) is 6.78. The average molecular weight is 289 g/mol. The Kier molecular flexibility index (Phi) is 5.26. The number of rotatable bonds is 5. The number of nitrogens with one attached hydrogen (secondary N) is 1. The van der Waals surface area contributed by atoms with Crippen LogP contribution in [0.5, 0.6) is 0 Å². The maximum atomic E-state index is 5.00. The summed E-state index contributed by atoms with van der Waals surface area (Å²) in [5.41, 5.74) is 2.62. The minimum atomic E-state index is 0.0909. The van der Waals surface area contributed by atoms with E-state index in [-0.39, 0.29) is 5.41 Å². The van der Waals surface area contributed by atoms with Crippen molar-refractivity contribution in [1.29, 1.82) is 0 Å². The lowest BCUT2D eigenvalue weighted by Crippen LogP contribution is -2.34. The molecular weight excluding hydrogens is 258 g/mol. The topological polar surface area (TPSA) is 28.2 Å². The zero-order valence-electron chi connectivity index (χ0n) is 14.4. The zero-order valence-corrected chi connectivity index (χ0v) is 14.4. The Labute approximate surface area is 130 Å². The van der Waals surface area contributed by atoms with Crippen molar-refractivity contribution in [2.75, 3.05) is 18.5 Å². The van der Waals surface area contributed by atoms with Crippen LogP contribution in [0.4, 0.5) is 5.82 Å². The van der Waals surface area contributed by atoms with Gasteiger partial charge in [0.1, 0.15) is 5.82 Å². The highest BCUT2D eigenvalue weighted by molar-refractivity contribution is 5.45. The van der Waals surface area contributed by atoms with Gasteiger partial charge in [-0.15, -0.1) is 0 Å². The van der Waals surface area contributed by atoms with Gasteiger partial charge in [0.25, 0.3) is 0 Å². The zero-order chi connectivity index (χ0) is 15.5. The molecule has 0 amide bonds. The second-order valence-electron chi connectivity index (χ2n) is 7.22. The van der Waals surface area contributed by atoms with Crippen molar-refractivity contribution in [2.24, 2.45) is 0 Å². The monoisotopic (exact) mass is 289 g/mol. The van der Waals surface area contributed by atoms with Gasteiger partial charge in [0, 0.05) is 30.2 Å². The number of aromatic nitrogens is 1. The molecule has 1 aliphatic rings. The maximum Gasteiger partial charge on any atom is 0.129 e. The smallest absolute Gasteiger partial charge is 0.129 e. The largest absolute Gasteiger partial charge is 0.354 e. The molecule has 1 N–H and O–H groups in total. The Morgan fingerprint density at radius 2 is 1.90 bits per heavy atom. The molecule has 1 heterocycles. The first-order chi connectivity index (χ1) is 9.95. The average Bonchev–Trinajstić information content (AvgIpc) is 2.93. The second-order valence-corrected chi connectivity index (χ2v) is 7.22. The molecule has 1 saturated carbocycles. The highest BCUT2D eigenvalue weighted by Gasteiger charge is 2.24. The van der Waals surface area contributed by atoms with E-state index < -0.39 is 0 Å². The SMILES string of the molecule is CCN(c1cc(CNC)cc(C(C)(C)C)n1)C1CCCC1. The van der Waals surface area contributed by atoms with Gasteiger partial charge in [0.05, 0.1) is 0 Å². The number of hydrogen-bond acceptors (Lipinski definition) is 3. The van der Waals surface area contributed by atoms with Crippen molar-refractivity contribution in [1.82, 2.24) is 10.3 Å². The van der Waals surface area contributed by atoms with Crippen molar-refractivity contribution in [3.63, 3.8) is 0 Å². The fourth-order valence-corrected chi connectivity index (χ4v) is 3.23. The molecule has 3 nitrogen and oxygen atoms in total. The lowest BCUT2D eigenvalue weighted by molar-refractivity contribution is 0.559. The van der Waals surface area contributed by atoms with Gasteiger partial charge in [-0.3, -0.25) is 0 Å². The summed E-state index contributed by atoms with van der Waals surface area (Å²) in [6, 6.07) is 5.20. The number of pyridine rings is 1. The lowest BCUT2D eigenvalue weighted by atomic mass is 9.90. The molecule has 0 saturated heterocycles. The molecule has 118 valence electrons. The summed E-state index contributed by atoms with van der Waals surface area (Å²) >= 11 is 0. The molecule has 2 rings (SSSR count). The van der Waals surface area contributed by atoms with Gasteiger partial charge in [0.15, 0.2) is 0 Å². The van der Waals surface area contributed by atoms with Crippen molar-refractivity contribution < 1.29 is 0 Å². The van der Waals surface area contributed by atoms with Crippen LogP contribution < -0.4 is 10.2 Å². The van der Waals surface area contributed by atoms with E-state index >= 15 is 0 Å². The van der Waals surface area contributed by atoms with Gasteiger partial charge in [-0.05, 0) is 44.5 Å². The van der Waals surface area contributed by atoms with E-state index in [1.165, 1.54) is 42.8 Å². The third-order valence-electron chi connectivity index (χ3n) is 4.42. The first-order valence-electron chi connectivity index (χ1n) is 8.38. The normalized spacial score (nSPS) is 16.4. The van der Waals surface area contributed by atoms with E-state index in [2.05, 4.69) is 50.0 Å². The van der Waals surface area contributed by atoms with E-state index in [1.807, 2.05) is 7.05 Å². The molecule has 1 aromatic heterocycles. The Hall–Kier alpha value is -1.09. The predicted molar refractivity (Wildman–Crippen MR) is 91.0 cm³/mol. The summed E-state index contributed by atoms with van der Waals surface area (Å²) < 4.78 is 0. The van der Waals surface area contributed by atoms with Gasteiger partial charge >= 0.3 is 0 Å². The lowest BCUT2D eigenvalue weighted by Gasteiger charge is -2.31. The minimum absolute atomic E-state index is 0.0909. The summed E-state index contributed by atoms with van der Waals surface area (Å²) in [6.45, 7) is 10.9. The van der Waals surface area contributed by atoms with Crippen molar-refractivity contribution in [3.8, 4) is 0 Å². The quantitative estimate of drug-likeness (QED) is 0.892. The van der Waals surface area contributed by atoms with E-state index in [4.69, 9.17) is 4.98 Å². The van der Waals surface area contributed by atoms with Crippen LogP contribution in [-0.4, -0.2) is 24.6 Å². The Bertz CT molecular complexity index is 456. The molecular formula is C18H31N3. The Balaban J connectivity index is 2.37. The van der Waals surface area contributed by atoms with Crippen LogP contribution in [0.1, 0.15) is 64.6 Å². The standard InChI is InChI=1S/C18H31N3/c1-6-21(15-9-7-8-10-15)17-12-14(13-19-5)11-16(20-17)18(2,3)4/h11-12,15,19H,6-10,13H2,1-5H3. The van der Waals surface area contributed by atoms with E-state index in [0.29, 0.717) is 6.04 Å². The fourth-order valence-electron chi connectivity index (χ4n) is 3.23. The van der Waals surface area contributed by atoms with Crippen LogP contribution in [0, 0.1) is 0 Å². The molecule has 1 aromatic rings. The van der Waals surface area contributed by atoms with Crippen molar-refractivity contribution >= 4 is 5.82 Å². The van der Waals surface area contributed by atoms with Gasteiger partial charge in [0.2, 0.25) is 0 Å². The molecule has 1 aliphatic carbocycles. The van der Waals surface area contributed by atoms with E-state index in [1.54, 1.807) is 0 Å². The molecule has 1 fully saturated rings. The van der Waals surface area contributed by atoms with Crippen LogP contribution in [0.2, 0.25) is 0 Å². The summed E-state index contributed by atoms with van der Waals surface area (Å²) in [5, 5.41) is 3.27.